The van der Waals surface area contributed by atoms with Gasteiger partial charge in [-0.15, -0.1) is 0 Å². The summed E-state index contributed by atoms with van der Waals surface area (Å²) in [6, 6.07) is 16.8. The molecule has 0 spiro atoms. The fourth-order valence-electron chi connectivity index (χ4n) is 6.29. The Balaban J connectivity index is 1.37. The third-order valence-electron chi connectivity index (χ3n) is 8.81. The number of hydrogen-bond donors (Lipinski definition) is 5. The summed E-state index contributed by atoms with van der Waals surface area (Å²) in [7, 11) is 0. The lowest BCUT2D eigenvalue weighted by atomic mass is 9.70. The average molecular weight is 604 g/mol. The van der Waals surface area contributed by atoms with Crippen LogP contribution in [0.3, 0.4) is 0 Å². The van der Waals surface area contributed by atoms with Crippen molar-refractivity contribution in [3.05, 3.63) is 101 Å². The number of benzene rings is 3. The van der Waals surface area contributed by atoms with Crippen LogP contribution in [0.4, 0.5) is 23.2 Å². The monoisotopic (exact) mass is 603 g/mol. The molecule has 11 heteroatoms. The van der Waals surface area contributed by atoms with Crippen molar-refractivity contribution in [3.63, 3.8) is 0 Å². The lowest BCUT2D eigenvalue weighted by Crippen LogP contribution is -2.63. The normalized spacial score (nSPS) is 29.3. The van der Waals surface area contributed by atoms with Crippen LogP contribution in [0, 0.1) is 29.4 Å². The molecule has 1 heterocycles. The Morgan fingerprint density at radius 1 is 0.791 bits per heavy atom. The maximum Gasteiger partial charge on any atom is 0.261 e. The number of β-lactam (4-membered cyclic amide) rings is 1. The lowest BCUT2D eigenvalue weighted by Gasteiger charge is -2.48. The molecule has 1 aliphatic heterocycles. The highest BCUT2D eigenvalue weighted by Gasteiger charge is 2.60. The summed E-state index contributed by atoms with van der Waals surface area (Å²) in [5, 5.41) is 50.5. The fraction of sp³-hybridized carbons (Fsp3) is 0.406. The predicted molar refractivity (Wildman–Crippen MR) is 148 cm³/mol. The molecule has 1 saturated carbocycles. The first kappa shape index (κ1) is 31.1. The second-order valence-electron chi connectivity index (χ2n) is 11.4. The molecule has 0 radical (unpaired) electrons. The van der Waals surface area contributed by atoms with Gasteiger partial charge in [-0.3, -0.25) is 4.79 Å². The van der Waals surface area contributed by atoms with E-state index < -0.39 is 72.4 Å². The van der Waals surface area contributed by atoms with Crippen LogP contribution < -0.4 is 4.90 Å². The van der Waals surface area contributed by atoms with Gasteiger partial charge in [-0.1, -0.05) is 36.4 Å². The molecular weight excluding hydrogens is 570 g/mol. The Bertz CT molecular complexity index is 1400. The van der Waals surface area contributed by atoms with Gasteiger partial charge in [0.25, 0.3) is 5.92 Å². The van der Waals surface area contributed by atoms with E-state index in [2.05, 4.69) is 0 Å². The van der Waals surface area contributed by atoms with Gasteiger partial charge in [0.2, 0.25) is 5.91 Å². The fourth-order valence-corrected chi connectivity index (χ4v) is 6.29. The van der Waals surface area contributed by atoms with Crippen molar-refractivity contribution in [1.29, 1.82) is 0 Å². The minimum Gasteiger partial charge on any atom is -0.396 e. The van der Waals surface area contributed by atoms with E-state index in [0.717, 1.165) is 0 Å². The number of carbonyl (C=O) groups is 1. The quantitative estimate of drug-likeness (QED) is 0.188. The summed E-state index contributed by atoms with van der Waals surface area (Å²) in [6.07, 6.45) is -6.56. The summed E-state index contributed by atoms with van der Waals surface area (Å²) in [4.78, 5) is 14.8. The number of hydrogen-bond acceptors (Lipinski definition) is 6. The summed E-state index contributed by atoms with van der Waals surface area (Å²) in [5.74, 6) is -9.08. The second-order valence-corrected chi connectivity index (χ2v) is 11.4. The van der Waals surface area contributed by atoms with E-state index in [0.29, 0.717) is 22.4 Å². The van der Waals surface area contributed by atoms with E-state index in [1.165, 1.54) is 53.4 Å². The van der Waals surface area contributed by atoms with Gasteiger partial charge in [0, 0.05) is 5.69 Å². The third-order valence-corrected chi connectivity index (χ3v) is 8.81. The topological polar surface area (TPSA) is 121 Å². The second kappa shape index (κ2) is 12.3. The van der Waals surface area contributed by atoms with Crippen LogP contribution in [0.1, 0.15) is 41.7 Å². The maximum absolute atomic E-state index is 15.1. The first-order valence-corrected chi connectivity index (χ1v) is 14.1. The number of rotatable bonds is 9. The van der Waals surface area contributed by atoms with Crippen LogP contribution in [-0.2, 0) is 11.2 Å². The number of halogens is 4. The molecule has 2 aliphatic rings. The molecule has 5 N–H and O–H groups in total. The SMILES string of the molecule is O=C1[C@H](CC[C@H](O)c2ccc(F)cc2)[C@@H](c2ccc(C[C@H]3[C@H](O)[C@@H](O)[C@H](O)[C@@H](CO)C3(F)F)cc2)N1c1ccc(F)cc1. The average Bonchev–Trinajstić information content (AvgIpc) is 2.99. The van der Waals surface area contributed by atoms with Gasteiger partial charge in [-0.25, -0.2) is 17.6 Å². The molecule has 3 aromatic carbocycles. The van der Waals surface area contributed by atoms with Crippen molar-refractivity contribution in [2.75, 3.05) is 11.5 Å². The van der Waals surface area contributed by atoms with Gasteiger partial charge in [0.05, 0.1) is 48.7 Å². The zero-order valence-electron chi connectivity index (χ0n) is 23.0. The predicted octanol–water partition coefficient (Wildman–Crippen LogP) is 3.68. The molecule has 0 bridgehead atoms. The van der Waals surface area contributed by atoms with Crippen LogP contribution >= 0.6 is 0 Å². The van der Waals surface area contributed by atoms with Crippen LogP contribution in [0.2, 0.25) is 0 Å². The van der Waals surface area contributed by atoms with Gasteiger partial charge in [-0.2, -0.15) is 0 Å². The van der Waals surface area contributed by atoms with Crippen molar-refractivity contribution in [2.45, 2.75) is 55.6 Å². The van der Waals surface area contributed by atoms with E-state index in [9.17, 15) is 39.1 Å². The number of nitrogens with zero attached hydrogens (tertiary/aromatic N) is 1. The highest BCUT2D eigenvalue weighted by molar-refractivity contribution is 6.03. The van der Waals surface area contributed by atoms with Gasteiger partial charge in [0.15, 0.2) is 0 Å². The number of aliphatic hydroxyl groups excluding tert-OH is 5. The third kappa shape index (κ3) is 5.92. The molecule has 3 aromatic rings. The largest absolute Gasteiger partial charge is 0.396 e. The number of carbonyl (C=O) groups excluding carboxylic acids is 1. The minimum atomic E-state index is -3.66. The maximum atomic E-state index is 15.1. The van der Waals surface area contributed by atoms with Crippen LogP contribution in [0.15, 0.2) is 72.8 Å². The van der Waals surface area contributed by atoms with Crippen molar-refractivity contribution in [2.24, 2.45) is 17.8 Å². The van der Waals surface area contributed by atoms with Crippen molar-refractivity contribution in [1.82, 2.24) is 0 Å². The Morgan fingerprint density at radius 3 is 1.93 bits per heavy atom. The van der Waals surface area contributed by atoms with Gasteiger partial charge < -0.3 is 30.4 Å². The van der Waals surface area contributed by atoms with E-state index in [1.54, 1.807) is 24.3 Å². The number of alkyl halides is 2. The number of aliphatic hydroxyl groups is 5. The van der Waals surface area contributed by atoms with Gasteiger partial charge >= 0.3 is 0 Å². The molecule has 43 heavy (non-hydrogen) atoms. The molecule has 0 aromatic heterocycles. The molecule has 1 saturated heterocycles. The Labute approximate surface area is 245 Å². The van der Waals surface area contributed by atoms with Gasteiger partial charge in [-0.05, 0) is 72.4 Å². The number of anilines is 1. The molecule has 1 amide bonds. The zero-order valence-corrected chi connectivity index (χ0v) is 23.0. The minimum absolute atomic E-state index is 0.211. The molecule has 0 unspecified atom stereocenters. The van der Waals surface area contributed by atoms with Crippen molar-refractivity contribution >= 4 is 11.6 Å². The molecule has 5 rings (SSSR count). The Hall–Kier alpha value is -3.35. The van der Waals surface area contributed by atoms with E-state index in [4.69, 9.17) is 0 Å². The van der Waals surface area contributed by atoms with E-state index >= 15 is 8.78 Å². The zero-order chi connectivity index (χ0) is 31.1. The molecular formula is C32H33F4NO6. The summed E-state index contributed by atoms with van der Waals surface area (Å²) in [5.41, 5.74) is 2.03. The summed E-state index contributed by atoms with van der Waals surface area (Å²) < 4.78 is 57.1. The van der Waals surface area contributed by atoms with Gasteiger partial charge in [0.1, 0.15) is 17.7 Å². The smallest absolute Gasteiger partial charge is 0.261 e. The van der Waals surface area contributed by atoms with E-state index in [-0.39, 0.29) is 25.2 Å². The highest BCUT2D eigenvalue weighted by Crippen LogP contribution is 2.47. The van der Waals surface area contributed by atoms with Crippen LogP contribution in [0.25, 0.3) is 0 Å². The summed E-state index contributed by atoms with van der Waals surface area (Å²) in [6.45, 7) is -1.07. The van der Waals surface area contributed by atoms with Crippen LogP contribution in [-0.4, -0.2) is 62.3 Å². The standard InChI is InChI=1S/C32H33F4NO6/c33-20-7-5-18(6-8-20)26(39)14-13-23-27(37(31(23)43)22-11-9-21(34)10-12-22)19-3-1-17(2-4-19)15-24-28(40)30(42)29(41)25(16-38)32(24,35)36/h1-12,23-30,38-42H,13-16H2/t23-,24+,25-,26+,27-,28+,29-,30-/m1/s1. The molecule has 8 atom stereocenters. The molecule has 7 nitrogen and oxygen atoms in total. The highest BCUT2D eigenvalue weighted by atomic mass is 19.3. The molecule has 2 fully saturated rings. The number of amides is 1. The first-order valence-electron chi connectivity index (χ1n) is 14.1. The Morgan fingerprint density at radius 2 is 1.35 bits per heavy atom. The van der Waals surface area contributed by atoms with Crippen molar-refractivity contribution < 1.29 is 47.9 Å². The molecule has 1 aliphatic carbocycles. The van der Waals surface area contributed by atoms with Crippen LogP contribution in [0.5, 0.6) is 0 Å². The summed E-state index contributed by atoms with van der Waals surface area (Å²) >= 11 is 0. The first-order chi connectivity index (χ1) is 20.4. The Kier molecular flexibility index (Phi) is 8.92. The lowest BCUT2D eigenvalue weighted by molar-refractivity contribution is -0.252. The molecule has 230 valence electrons. The van der Waals surface area contributed by atoms with E-state index in [1.807, 2.05) is 0 Å². The van der Waals surface area contributed by atoms with Crippen molar-refractivity contribution in [3.8, 4) is 0 Å².